The summed E-state index contributed by atoms with van der Waals surface area (Å²) in [5.41, 5.74) is 1.25. The monoisotopic (exact) mass is 391 g/mol. The van der Waals surface area contributed by atoms with Crippen molar-refractivity contribution < 1.29 is 14.2 Å². The molecule has 6 nitrogen and oxygen atoms in total. The van der Waals surface area contributed by atoms with Gasteiger partial charge in [0.05, 0.1) is 20.3 Å². The molecule has 1 aliphatic heterocycles. The summed E-state index contributed by atoms with van der Waals surface area (Å²) in [6.07, 6.45) is 3.15. The van der Waals surface area contributed by atoms with Crippen LogP contribution in [-0.2, 0) is 11.2 Å². The van der Waals surface area contributed by atoms with Gasteiger partial charge in [-0.3, -0.25) is 4.99 Å². The molecule has 28 heavy (non-hydrogen) atoms. The van der Waals surface area contributed by atoms with E-state index in [1.54, 1.807) is 7.11 Å². The minimum Gasteiger partial charge on any atom is -0.493 e. The lowest BCUT2D eigenvalue weighted by atomic mass is 10.1. The number of ether oxygens (including phenoxy) is 3. The van der Waals surface area contributed by atoms with E-state index >= 15 is 0 Å². The van der Waals surface area contributed by atoms with Crippen molar-refractivity contribution in [2.24, 2.45) is 10.9 Å². The van der Waals surface area contributed by atoms with Crippen LogP contribution < -0.4 is 14.8 Å². The second-order valence-electron chi connectivity index (χ2n) is 7.02. The summed E-state index contributed by atoms with van der Waals surface area (Å²) in [5.74, 6) is 3.25. The highest BCUT2D eigenvalue weighted by atomic mass is 16.5. The second-order valence-corrected chi connectivity index (χ2v) is 7.02. The molecule has 1 unspecified atom stereocenters. The van der Waals surface area contributed by atoms with Crippen LogP contribution in [0.4, 0.5) is 0 Å². The van der Waals surface area contributed by atoms with Crippen molar-refractivity contribution in [3.63, 3.8) is 0 Å². The number of rotatable bonds is 11. The molecule has 158 valence electrons. The Morgan fingerprint density at radius 2 is 2.07 bits per heavy atom. The molecule has 0 spiro atoms. The van der Waals surface area contributed by atoms with Crippen molar-refractivity contribution in [2.45, 2.75) is 40.0 Å². The quantitative estimate of drug-likeness (QED) is 0.356. The maximum absolute atomic E-state index is 5.67. The van der Waals surface area contributed by atoms with Crippen LogP contribution in [0.5, 0.6) is 11.5 Å². The minimum atomic E-state index is 0.611. The van der Waals surface area contributed by atoms with Crippen LogP contribution in [0.2, 0.25) is 0 Å². The fourth-order valence-corrected chi connectivity index (χ4v) is 3.48. The largest absolute Gasteiger partial charge is 0.493 e. The minimum absolute atomic E-state index is 0.611. The summed E-state index contributed by atoms with van der Waals surface area (Å²) in [6, 6.07) is 6.17. The Bertz CT molecular complexity index is 607. The van der Waals surface area contributed by atoms with E-state index in [-0.39, 0.29) is 0 Å². The van der Waals surface area contributed by atoms with Gasteiger partial charge in [-0.25, -0.2) is 0 Å². The number of nitrogens with zero attached hydrogens (tertiary/aromatic N) is 2. The predicted octanol–water partition coefficient (Wildman–Crippen LogP) is 3.35. The van der Waals surface area contributed by atoms with Crippen molar-refractivity contribution in [3.8, 4) is 11.5 Å². The number of likely N-dealkylation sites (tertiary alicyclic amines) is 1. The molecule has 0 radical (unpaired) electrons. The lowest BCUT2D eigenvalue weighted by molar-refractivity contribution is 0.114. The fourth-order valence-electron chi connectivity index (χ4n) is 3.48. The first-order valence-electron chi connectivity index (χ1n) is 10.6. The molecule has 1 fully saturated rings. The van der Waals surface area contributed by atoms with E-state index in [0.717, 1.165) is 69.7 Å². The third-order valence-corrected chi connectivity index (χ3v) is 4.89. The molecule has 0 aliphatic carbocycles. The molecule has 1 aromatic rings. The van der Waals surface area contributed by atoms with Crippen molar-refractivity contribution in [2.75, 3.05) is 53.1 Å². The van der Waals surface area contributed by atoms with Crippen molar-refractivity contribution in [1.82, 2.24) is 10.2 Å². The first-order valence-corrected chi connectivity index (χ1v) is 10.6. The molecule has 0 bridgehead atoms. The molecule has 6 heteroatoms. The van der Waals surface area contributed by atoms with Crippen LogP contribution in [0.15, 0.2) is 23.2 Å². The van der Waals surface area contributed by atoms with Gasteiger partial charge in [-0.2, -0.15) is 0 Å². The molecular formula is C22H37N3O3. The average Bonchev–Trinajstić information content (AvgIpc) is 3.18. The van der Waals surface area contributed by atoms with Crippen molar-refractivity contribution >= 4 is 5.96 Å². The van der Waals surface area contributed by atoms with Crippen molar-refractivity contribution in [3.05, 3.63) is 23.8 Å². The van der Waals surface area contributed by atoms with Gasteiger partial charge in [0.25, 0.3) is 0 Å². The smallest absolute Gasteiger partial charge is 0.193 e. The van der Waals surface area contributed by atoms with Crippen LogP contribution in [0.3, 0.4) is 0 Å². The number of hydrogen-bond donors (Lipinski definition) is 1. The van der Waals surface area contributed by atoms with Crippen LogP contribution >= 0.6 is 0 Å². The van der Waals surface area contributed by atoms with E-state index in [1.165, 1.54) is 12.0 Å². The van der Waals surface area contributed by atoms with Gasteiger partial charge in [0.2, 0.25) is 0 Å². The standard InChI is InChI=1S/C22H37N3O3/c1-5-23-22(25-14-12-19(16-25)17-27-6-2)24-13-8-9-18-10-11-20(26-4)21(15-18)28-7-3/h10-11,15,19H,5-9,12-14,16-17H2,1-4H3,(H,23,24). The number of nitrogens with one attached hydrogen (secondary N) is 1. The normalized spacial score (nSPS) is 17.1. The Hall–Kier alpha value is -1.95. The summed E-state index contributed by atoms with van der Waals surface area (Å²) < 4.78 is 16.6. The van der Waals surface area contributed by atoms with Gasteiger partial charge in [-0.1, -0.05) is 6.07 Å². The molecule has 1 atom stereocenters. The number of aliphatic imine (C=N–C) groups is 1. The molecule has 1 heterocycles. The molecule has 1 saturated heterocycles. The third-order valence-electron chi connectivity index (χ3n) is 4.89. The topological polar surface area (TPSA) is 55.3 Å². The number of hydrogen-bond acceptors (Lipinski definition) is 4. The van der Waals surface area contributed by atoms with E-state index in [1.807, 2.05) is 13.0 Å². The van der Waals surface area contributed by atoms with Crippen LogP contribution in [0, 0.1) is 5.92 Å². The maximum atomic E-state index is 5.67. The van der Waals surface area contributed by atoms with E-state index < -0.39 is 0 Å². The van der Waals surface area contributed by atoms with Crippen LogP contribution in [0.1, 0.15) is 39.2 Å². The highest BCUT2D eigenvalue weighted by molar-refractivity contribution is 5.80. The fraction of sp³-hybridized carbons (Fsp3) is 0.682. The van der Waals surface area contributed by atoms with Gasteiger partial charge >= 0.3 is 0 Å². The number of benzene rings is 1. The predicted molar refractivity (Wildman–Crippen MR) is 115 cm³/mol. The van der Waals surface area contributed by atoms with Gasteiger partial charge < -0.3 is 24.4 Å². The Balaban J connectivity index is 1.86. The van der Waals surface area contributed by atoms with E-state index in [0.29, 0.717) is 12.5 Å². The molecule has 0 saturated carbocycles. The number of guanidine groups is 1. The lowest BCUT2D eigenvalue weighted by Crippen LogP contribution is -2.40. The molecule has 1 N–H and O–H groups in total. The summed E-state index contributed by atoms with van der Waals surface area (Å²) in [6.45, 7) is 12.2. The first kappa shape index (κ1) is 22.3. The Morgan fingerprint density at radius 1 is 1.21 bits per heavy atom. The van der Waals surface area contributed by atoms with Gasteiger partial charge in [0, 0.05) is 38.7 Å². The third kappa shape index (κ3) is 6.89. The van der Waals surface area contributed by atoms with Gasteiger partial charge in [0.1, 0.15) is 0 Å². The van der Waals surface area contributed by atoms with Gasteiger partial charge in [-0.05, 0) is 57.7 Å². The Labute approximate surface area is 170 Å². The summed E-state index contributed by atoms with van der Waals surface area (Å²) >= 11 is 0. The molecule has 1 aromatic carbocycles. The van der Waals surface area contributed by atoms with E-state index in [2.05, 4.69) is 36.2 Å². The SMILES string of the molecule is CCNC(=NCCCc1ccc(OC)c(OCC)c1)N1CCC(COCC)C1. The van der Waals surface area contributed by atoms with Crippen molar-refractivity contribution in [1.29, 1.82) is 0 Å². The molecule has 0 amide bonds. The van der Waals surface area contributed by atoms with Gasteiger partial charge in [-0.15, -0.1) is 0 Å². The lowest BCUT2D eigenvalue weighted by Gasteiger charge is -2.21. The van der Waals surface area contributed by atoms with E-state index in [4.69, 9.17) is 19.2 Å². The molecule has 0 aromatic heterocycles. The summed E-state index contributed by atoms with van der Waals surface area (Å²) in [7, 11) is 1.67. The second kappa shape index (κ2) is 12.5. The Morgan fingerprint density at radius 3 is 2.79 bits per heavy atom. The zero-order valence-corrected chi connectivity index (χ0v) is 18.0. The Kier molecular flexibility index (Phi) is 9.97. The molecule has 2 rings (SSSR count). The van der Waals surface area contributed by atoms with E-state index in [9.17, 15) is 0 Å². The summed E-state index contributed by atoms with van der Waals surface area (Å²) in [5, 5.41) is 3.44. The maximum Gasteiger partial charge on any atom is 0.193 e. The highest BCUT2D eigenvalue weighted by Crippen LogP contribution is 2.28. The molecule has 1 aliphatic rings. The van der Waals surface area contributed by atoms with Gasteiger partial charge in [0.15, 0.2) is 17.5 Å². The highest BCUT2D eigenvalue weighted by Gasteiger charge is 2.24. The summed E-state index contributed by atoms with van der Waals surface area (Å²) in [4.78, 5) is 7.22. The number of aryl methyl sites for hydroxylation is 1. The molecular weight excluding hydrogens is 354 g/mol. The van der Waals surface area contributed by atoms with Crippen LogP contribution in [0.25, 0.3) is 0 Å². The first-order chi connectivity index (χ1) is 13.7. The zero-order valence-electron chi connectivity index (χ0n) is 18.0. The zero-order chi connectivity index (χ0) is 20.2. The van der Waals surface area contributed by atoms with Crippen LogP contribution in [-0.4, -0.2) is 64.0 Å². The average molecular weight is 392 g/mol. The number of methoxy groups -OCH3 is 1.